The van der Waals surface area contributed by atoms with E-state index in [-0.39, 0.29) is 0 Å². The Balaban J connectivity index is 1.73. The molecular formula is C22H29N5. The fourth-order valence-electron chi connectivity index (χ4n) is 2.98. The third-order valence-electron chi connectivity index (χ3n) is 4.47. The molecule has 0 saturated heterocycles. The van der Waals surface area contributed by atoms with E-state index in [1.807, 2.05) is 23.0 Å². The maximum Gasteiger partial charge on any atom is 0.117 e. The van der Waals surface area contributed by atoms with E-state index in [9.17, 15) is 0 Å². The van der Waals surface area contributed by atoms with E-state index in [1.54, 1.807) is 0 Å². The molecule has 3 rings (SSSR count). The summed E-state index contributed by atoms with van der Waals surface area (Å²) >= 11 is 0. The molecule has 0 saturated carbocycles. The van der Waals surface area contributed by atoms with Gasteiger partial charge in [-0.2, -0.15) is 15.0 Å². The van der Waals surface area contributed by atoms with E-state index in [1.165, 1.54) is 11.1 Å². The normalized spacial score (nSPS) is 11.3. The molecule has 0 aliphatic rings. The molecule has 1 N–H and O–H groups in total. The number of nitrogens with zero attached hydrogens (tertiary/aromatic N) is 4. The monoisotopic (exact) mass is 363 g/mol. The first-order valence-corrected chi connectivity index (χ1v) is 9.52. The van der Waals surface area contributed by atoms with Gasteiger partial charge < -0.3 is 10.2 Å². The van der Waals surface area contributed by atoms with Gasteiger partial charge in [0.15, 0.2) is 0 Å². The lowest BCUT2D eigenvalue weighted by molar-refractivity contribution is 0.394. The van der Waals surface area contributed by atoms with Crippen LogP contribution in [0.5, 0.6) is 0 Å². The van der Waals surface area contributed by atoms with Crippen LogP contribution >= 0.6 is 0 Å². The number of hydrogen-bond donors (Lipinski definition) is 1. The fraction of sp³-hybridized carbons (Fsp3) is 0.364. The molecule has 0 spiro atoms. The van der Waals surface area contributed by atoms with E-state index in [0.717, 1.165) is 43.0 Å². The minimum atomic E-state index is 0.681. The molecule has 1 aromatic heterocycles. The molecule has 5 heteroatoms. The topological polar surface area (TPSA) is 46.0 Å². The minimum Gasteiger partial charge on any atom is -0.311 e. The Kier molecular flexibility index (Phi) is 6.74. The Morgan fingerprint density at radius 1 is 0.963 bits per heavy atom. The van der Waals surface area contributed by atoms with Crippen LogP contribution in [0.4, 0.5) is 0 Å². The molecule has 0 amide bonds. The van der Waals surface area contributed by atoms with Gasteiger partial charge in [0.25, 0.3) is 0 Å². The molecular weight excluding hydrogens is 334 g/mol. The largest absolute Gasteiger partial charge is 0.311 e. The van der Waals surface area contributed by atoms with Crippen LogP contribution in [0.25, 0.3) is 11.3 Å². The first-order chi connectivity index (χ1) is 13.1. The van der Waals surface area contributed by atoms with Crippen LogP contribution in [0, 0.1) is 6.92 Å². The molecule has 0 radical (unpaired) electrons. The molecule has 142 valence electrons. The summed E-state index contributed by atoms with van der Waals surface area (Å²) in [5, 5.41) is 13.1. The third kappa shape index (κ3) is 5.74. The zero-order chi connectivity index (χ0) is 19.1. The Morgan fingerprint density at radius 3 is 2.41 bits per heavy atom. The summed E-state index contributed by atoms with van der Waals surface area (Å²) in [5.41, 5.74) is 5.54. The van der Waals surface area contributed by atoms with Crippen LogP contribution in [-0.2, 0) is 13.1 Å². The quantitative estimate of drug-likeness (QED) is 0.592. The minimum absolute atomic E-state index is 0.681. The fourth-order valence-corrected chi connectivity index (χ4v) is 2.98. The second-order valence-corrected chi connectivity index (χ2v) is 7.21. The molecule has 0 aliphatic carbocycles. The van der Waals surface area contributed by atoms with Crippen LogP contribution in [0.15, 0.2) is 54.6 Å². The maximum atomic E-state index is 4.78. The lowest BCUT2D eigenvalue weighted by Crippen LogP contribution is -2.21. The van der Waals surface area contributed by atoms with Crippen molar-refractivity contribution in [1.82, 2.24) is 25.2 Å². The molecule has 5 nitrogen and oxygen atoms in total. The van der Waals surface area contributed by atoms with Crippen LogP contribution in [0.1, 0.15) is 23.2 Å². The van der Waals surface area contributed by atoms with E-state index in [2.05, 4.69) is 67.6 Å². The molecule has 2 aromatic carbocycles. The standard InChI is InChI=1S/C22H29N5/c1-18-10-12-19(13-11-18)17-27-24-21(16-23-14-7-15-26(2)3)22(25-27)20-8-5-4-6-9-20/h4-6,8-13,23H,7,14-17H2,1-3H3. The van der Waals surface area contributed by atoms with Crippen molar-refractivity contribution in [1.29, 1.82) is 0 Å². The Bertz CT molecular complexity index is 822. The predicted molar refractivity (Wildman–Crippen MR) is 111 cm³/mol. The highest BCUT2D eigenvalue weighted by atomic mass is 15.5. The van der Waals surface area contributed by atoms with Crippen LogP contribution in [0.3, 0.4) is 0 Å². The highest BCUT2D eigenvalue weighted by Gasteiger charge is 2.13. The Morgan fingerprint density at radius 2 is 1.70 bits per heavy atom. The van der Waals surface area contributed by atoms with Gasteiger partial charge in [-0.15, -0.1) is 0 Å². The molecule has 0 fully saturated rings. The van der Waals surface area contributed by atoms with Crippen molar-refractivity contribution in [3.63, 3.8) is 0 Å². The van der Waals surface area contributed by atoms with Crippen LogP contribution in [-0.4, -0.2) is 47.1 Å². The Hall–Kier alpha value is -2.50. The zero-order valence-corrected chi connectivity index (χ0v) is 16.5. The number of benzene rings is 2. The number of nitrogens with one attached hydrogen (secondary N) is 1. The average molecular weight is 364 g/mol. The molecule has 0 bridgehead atoms. The smallest absolute Gasteiger partial charge is 0.117 e. The average Bonchev–Trinajstić information content (AvgIpc) is 3.06. The molecule has 0 unspecified atom stereocenters. The van der Waals surface area contributed by atoms with Crippen molar-refractivity contribution in [2.45, 2.75) is 26.4 Å². The predicted octanol–water partition coefficient (Wildman–Crippen LogP) is 3.34. The van der Waals surface area contributed by atoms with Crippen LogP contribution in [0.2, 0.25) is 0 Å². The molecule has 27 heavy (non-hydrogen) atoms. The molecule has 0 aliphatic heterocycles. The summed E-state index contributed by atoms with van der Waals surface area (Å²) in [5.74, 6) is 0. The Labute approximate surface area is 162 Å². The maximum absolute atomic E-state index is 4.78. The second-order valence-electron chi connectivity index (χ2n) is 7.21. The van der Waals surface area contributed by atoms with Crippen molar-refractivity contribution in [3.05, 3.63) is 71.4 Å². The first kappa shape index (κ1) is 19.3. The number of aromatic nitrogens is 3. The molecule has 3 aromatic rings. The van der Waals surface area contributed by atoms with Gasteiger partial charge in [0, 0.05) is 12.1 Å². The summed E-state index contributed by atoms with van der Waals surface area (Å²) in [4.78, 5) is 4.01. The van der Waals surface area contributed by atoms with Gasteiger partial charge in [-0.1, -0.05) is 60.2 Å². The van der Waals surface area contributed by atoms with E-state index >= 15 is 0 Å². The second kappa shape index (κ2) is 9.44. The summed E-state index contributed by atoms with van der Waals surface area (Å²) in [6.07, 6.45) is 1.12. The zero-order valence-electron chi connectivity index (χ0n) is 16.5. The number of hydrogen-bond acceptors (Lipinski definition) is 4. The lowest BCUT2D eigenvalue weighted by Gasteiger charge is -2.09. The molecule has 0 atom stereocenters. The van der Waals surface area contributed by atoms with Gasteiger partial charge in [0.2, 0.25) is 0 Å². The van der Waals surface area contributed by atoms with Gasteiger partial charge in [-0.05, 0) is 46.1 Å². The summed E-state index contributed by atoms with van der Waals surface area (Å²) < 4.78 is 0. The van der Waals surface area contributed by atoms with Crippen molar-refractivity contribution in [2.75, 3.05) is 27.2 Å². The summed E-state index contributed by atoms with van der Waals surface area (Å²) in [6.45, 7) is 5.56. The third-order valence-corrected chi connectivity index (χ3v) is 4.47. The van der Waals surface area contributed by atoms with Gasteiger partial charge in [0.1, 0.15) is 11.4 Å². The first-order valence-electron chi connectivity index (χ1n) is 9.52. The summed E-state index contributed by atoms with van der Waals surface area (Å²) in [7, 11) is 4.20. The highest BCUT2D eigenvalue weighted by Crippen LogP contribution is 2.20. The molecule has 1 heterocycles. The van der Waals surface area contributed by atoms with E-state index in [4.69, 9.17) is 10.2 Å². The van der Waals surface area contributed by atoms with Gasteiger partial charge >= 0.3 is 0 Å². The lowest BCUT2D eigenvalue weighted by atomic mass is 10.1. The van der Waals surface area contributed by atoms with Gasteiger partial charge in [-0.25, -0.2) is 0 Å². The van der Waals surface area contributed by atoms with Crippen molar-refractivity contribution < 1.29 is 0 Å². The van der Waals surface area contributed by atoms with Gasteiger partial charge in [-0.3, -0.25) is 0 Å². The SMILES string of the molecule is Cc1ccc(Cn2nc(CNCCCN(C)C)c(-c3ccccc3)n2)cc1. The van der Waals surface area contributed by atoms with Gasteiger partial charge in [0.05, 0.1) is 6.54 Å². The summed E-state index contributed by atoms with van der Waals surface area (Å²) in [6, 6.07) is 18.8. The highest BCUT2D eigenvalue weighted by molar-refractivity contribution is 5.60. The van der Waals surface area contributed by atoms with Crippen molar-refractivity contribution >= 4 is 0 Å². The van der Waals surface area contributed by atoms with Crippen molar-refractivity contribution in [3.8, 4) is 11.3 Å². The van der Waals surface area contributed by atoms with E-state index < -0.39 is 0 Å². The van der Waals surface area contributed by atoms with Crippen LogP contribution < -0.4 is 5.32 Å². The number of aryl methyl sites for hydroxylation is 1. The van der Waals surface area contributed by atoms with E-state index in [0.29, 0.717) is 6.54 Å². The van der Waals surface area contributed by atoms with Crippen molar-refractivity contribution in [2.24, 2.45) is 0 Å². The number of rotatable bonds is 9.